The molecule has 0 saturated heterocycles. The number of rotatable bonds is 2. The van der Waals surface area contributed by atoms with Gasteiger partial charge in [-0.05, 0) is 23.3 Å². The Labute approximate surface area is 134 Å². The molecule has 1 aliphatic rings. The molecule has 5 nitrogen and oxygen atoms in total. The summed E-state index contributed by atoms with van der Waals surface area (Å²) in [5, 5.41) is 4.95. The molecule has 0 radical (unpaired) electrons. The van der Waals surface area contributed by atoms with Gasteiger partial charge in [0, 0.05) is 12.7 Å². The molecule has 5 heteroatoms. The SMILES string of the molecule is COC(=O)C1=C(C)N(C)C(=O)N[C@@H]1c1cccc2ccccc12. The molecule has 2 aromatic carbocycles. The summed E-state index contributed by atoms with van der Waals surface area (Å²) >= 11 is 0. The molecule has 0 bridgehead atoms. The predicted octanol–water partition coefficient (Wildman–Crippen LogP) is 2.98. The second-order valence-electron chi connectivity index (χ2n) is 5.50. The van der Waals surface area contributed by atoms with Gasteiger partial charge in [-0.15, -0.1) is 0 Å². The van der Waals surface area contributed by atoms with Crippen LogP contribution < -0.4 is 5.32 Å². The Morgan fingerprint density at radius 1 is 1.17 bits per heavy atom. The first-order valence-corrected chi connectivity index (χ1v) is 7.35. The van der Waals surface area contributed by atoms with Gasteiger partial charge < -0.3 is 15.0 Å². The summed E-state index contributed by atoms with van der Waals surface area (Å²) in [6, 6.07) is 13.0. The van der Waals surface area contributed by atoms with E-state index in [2.05, 4.69) is 5.32 Å². The number of carbonyl (C=O) groups is 2. The van der Waals surface area contributed by atoms with Crippen LogP contribution in [0.3, 0.4) is 0 Å². The minimum absolute atomic E-state index is 0.243. The Balaban J connectivity index is 2.23. The molecule has 0 spiro atoms. The highest BCUT2D eigenvalue weighted by Gasteiger charge is 2.35. The van der Waals surface area contributed by atoms with E-state index in [-0.39, 0.29) is 6.03 Å². The molecule has 2 amide bonds. The van der Waals surface area contributed by atoms with E-state index in [4.69, 9.17) is 4.74 Å². The van der Waals surface area contributed by atoms with Gasteiger partial charge in [-0.1, -0.05) is 42.5 Å². The number of urea groups is 1. The van der Waals surface area contributed by atoms with Crippen molar-refractivity contribution in [3.05, 3.63) is 59.3 Å². The molecule has 0 unspecified atom stereocenters. The Hall–Kier alpha value is -2.82. The van der Waals surface area contributed by atoms with Gasteiger partial charge in [0.25, 0.3) is 0 Å². The van der Waals surface area contributed by atoms with Gasteiger partial charge in [0.15, 0.2) is 0 Å². The van der Waals surface area contributed by atoms with Crippen molar-refractivity contribution in [1.82, 2.24) is 10.2 Å². The maximum Gasteiger partial charge on any atom is 0.337 e. The number of esters is 1. The van der Waals surface area contributed by atoms with Crippen LogP contribution in [0.15, 0.2) is 53.7 Å². The number of carbonyl (C=O) groups excluding carboxylic acids is 2. The van der Waals surface area contributed by atoms with Gasteiger partial charge in [0.05, 0.1) is 18.7 Å². The first-order valence-electron chi connectivity index (χ1n) is 7.35. The Kier molecular flexibility index (Phi) is 3.78. The smallest absolute Gasteiger partial charge is 0.337 e. The number of amides is 2. The summed E-state index contributed by atoms with van der Waals surface area (Å²) in [5.41, 5.74) is 1.92. The van der Waals surface area contributed by atoms with E-state index in [0.717, 1.165) is 16.3 Å². The van der Waals surface area contributed by atoms with Gasteiger partial charge in [-0.2, -0.15) is 0 Å². The zero-order valence-corrected chi connectivity index (χ0v) is 13.3. The lowest BCUT2D eigenvalue weighted by Crippen LogP contribution is -2.46. The van der Waals surface area contributed by atoms with E-state index >= 15 is 0 Å². The number of hydrogen-bond acceptors (Lipinski definition) is 3. The first-order chi connectivity index (χ1) is 11.0. The number of benzene rings is 2. The van der Waals surface area contributed by atoms with Crippen molar-refractivity contribution in [3.63, 3.8) is 0 Å². The third-order valence-electron chi connectivity index (χ3n) is 4.29. The Morgan fingerprint density at radius 3 is 2.61 bits per heavy atom. The number of allylic oxidation sites excluding steroid dienone is 1. The second kappa shape index (κ2) is 5.76. The monoisotopic (exact) mass is 310 g/mol. The van der Waals surface area contributed by atoms with Crippen LogP contribution in [0.2, 0.25) is 0 Å². The van der Waals surface area contributed by atoms with E-state index in [1.807, 2.05) is 42.5 Å². The van der Waals surface area contributed by atoms with E-state index in [9.17, 15) is 9.59 Å². The quantitative estimate of drug-likeness (QED) is 0.868. The van der Waals surface area contributed by atoms with Gasteiger partial charge in [-0.3, -0.25) is 0 Å². The number of nitrogens with one attached hydrogen (secondary N) is 1. The lowest BCUT2D eigenvalue weighted by Gasteiger charge is -2.33. The van der Waals surface area contributed by atoms with E-state index in [1.165, 1.54) is 12.0 Å². The van der Waals surface area contributed by atoms with Gasteiger partial charge in [-0.25, -0.2) is 9.59 Å². The lowest BCUT2D eigenvalue weighted by molar-refractivity contribution is -0.136. The molecule has 3 rings (SSSR count). The summed E-state index contributed by atoms with van der Waals surface area (Å²) in [4.78, 5) is 25.9. The van der Waals surface area contributed by atoms with Crippen molar-refractivity contribution in [3.8, 4) is 0 Å². The summed E-state index contributed by atoms with van der Waals surface area (Å²) in [6.45, 7) is 1.75. The number of fused-ring (bicyclic) bond motifs is 1. The molecule has 0 fully saturated rings. The van der Waals surface area contributed by atoms with Crippen LogP contribution in [0.5, 0.6) is 0 Å². The van der Waals surface area contributed by atoms with Gasteiger partial charge >= 0.3 is 12.0 Å². The third kappa shape index (κ3) is 2.44. The van der Waals surface area contributed by atoms with E-state index in [1.54, 1.807) is 14.0 Å². The molecule has 0 aliphatic carbocycles. The van der Waals surface area contributed by atoms with Crippen molar-refractivity contribution < 1.29 is 14.3 Å². The van der Waals surface area contributed by atoms with Crippen LogP contribution >= 0.6 is 0 Å². The average molecular weight is 310 g/mol. The van der Waals surface area contributed by atoms with Crippen LogP contribution in [0.1, 0.15) is 18.5 Å². The van der Waals surface area contributed by atoms with Crippen molar-refractivity contribution in [2.75, 3.05) is 14.2 Å². The molecule has 1 aliphatic heterocycles. The minimum Gasteiger partial charge on any atom is -0.466 e. The molecule has 1 N–H and O–H groups in total. The maximum atomic E-state index is 12.3. The van der Waals surface area contributed by atoms with Gasteiger partial charge in [0.2, 0.25) is 0 Å². The molecule has 23 heavy (non-hydrogen) atoms. The third-order valence-corrected chi connectivity index (χ3v) is 4.29. The number of ether oxygens (including phenoxy) is 1. The Morgan fingerprint density at radius 2 is 1.87 bits per heavy atom. The standard InChI is InChI=1S/C18H18N2O3/c1-11-15(17(21)23-3)16(19-18(22)20(11)2)14-10-6-8-12-7-4-5-9-13(12)14/h4-10,16H,1-3H3,(H,19,22)/t16-/m1/s1. The summed E-state index contributed by atoms with van der Waals surface area (Å²) in [7, 11) is 2.98. The van der Waals surface area contributed by atoms with E-state index in [0.29, 0.717) is 11.3 Å². The number of methoxy groups -OCH3 is 1. The van der Waals surface area contributed by atoms with Gasteiger partial charge in [0.1, 0.15) is 0 Å². The van der Waals surface area contributed by atoms with Crippen LogP contribution in [0, 0.1) is 0 Å². The molecular formula is C18H18N2O3. The minimum atomic E-state index is -0.530. The van der Waals surface area contributed by atoms with Crippen molar-refractivity contribution in [1.29, 1.82) is 0 Å². The molecule has 118 valence electrons. The second-order valence-corrected chi connectivity index (χ2v) is 5.50. The Bertz CT molecular complexity index is 821. The summed E-state index contributed by atoms with van der Waals surface area (Å²) in [6.07, 6.45) is 0. The van der Waals surface area contributed by atoms with Crippen LogP contribution in [-0.4, -0.2) is 31.1 Å². The fourth-order valence-electron chi connectivity index (χ4n) is 2.95. The average Bonchev–Trinajstić information content (AvgIpc) is 2.58. The summed E-state index contributed by atoms with van der Waals surface area (Å²) < 4.78 is 4.93. The van der Waals surface area contributed by atoms with Crippen LogP contribution in [0.25, 0.3) is 10.8 Å². The lowest BCUT2D eigenvalue weighted by atomic mass is 9.91. The first kappa shape index (κ1) is 15.1. The summed E-state index contributed by atoms with van der Waals surface area (Å²) in [5.74, 6) is -0.438. The fraction of sp³-hybridized carbons (Fsp3) is 0.222. The molecular weight excluding hydrogens is 292 g/mol. The fourth-order valence-corrected chi connectivity index (χ4v) is 2.95. The normalized spacial score (nSPS) is 18.1. The molecule has 0 saturated carbocycles. The zero-order valence-electron chi connectivity index (χ0n) is 13.3. The maximum absolute atomic E-state index is 12.3. The van der Waals surface area contributed by atoms with Crippen LogP contribution in [-0.2, 0) is 9.53 Å². The molecule has 1 heterocycles. The number of hydrogen-bond donors (Lipinski definition) is 1. The molecule has 0 aromatic heterocycles. The van der Waals surface area contributed by atoms with Crippen LogP contribution in [0.4, 0.5) is 4.79 Å². The largest absolute Gasteiger partial charge is 0.466 e. The number of nitrogens with zero attached hydrogens (tertiary/aromatic N) is 1. The van der Waals surface area contributed by atoms with Crippen molar-refractivity contribution in [2.24, 2.45) is 0 Å². The van der Waals surface area contributed by atoms with E-state index < -0.39 is 12.0 Å². The predicted molar refractivity (Wildman–Crippen MR) is 87.7 cm³/mol. The highest BCUT2D eigenvalue weighted by Crippen LogP contribution is 2.34. The zero-order chi connectivity index (χ0) is 16.6. The highest BCUT2D eigenvalue weighted by molar-refractivity contribution is 5.97. The topological polar surface area (TPSA) is 58.6 Å². The molecule has 1 atom stereocenters. The van der Waals surface area contributed by atoms with Crippen molar-refractivity contribution in [2.45, 2.75) is 13.0 Å². The highest BCUT2D eigenvalue weighted by atomic mass is 16.5. The molecule has 2 aromatic rings. The van der Waals surface area contributed by atoms with Crippen molar-refractivity contribution >= 4 is 22.8 Å².